The molecule has 0 saturated carbocycles. The monoisotopic (exact) mass is 385 g/mol. The smallest absolute Gasteiger partial charge is 0.0972 e. The molecule has 0 aromatic heterocycles. The largest absolute Gasteiger partial charge is 0.748 e. The van der Waals surface area contributed by atoms with Crippen molar-refractivity contribution in [1.29, 1.82) is 0 Å². The summed E-state index contributed by atoms with van der Waals surface area (Å²) in [4.78, 5) is 0. The summed E-state index contributed by atoms with van der Waals surface area (Å²) in [5.41, 5.74) is 4.23. The minimum Gasteiger partial charge on any atom is -0.748 e. The van der Waals surface area contributed by atoms with Gasteiger partial charge in [-0.1, -0.05) is 28.9 Å². The third-order valence-electron chi connectivity index (χ3n) is 4.46. The van der Waals surface area contributed by atoms with Gasteiger partial charge in [0.2, 0.25) is 0 Å². The molecule has 0 aromatic carbocycles. The van der Waals surface area contributed by atoms with Crippen molar-refractivity contribution in [3.8, 4) is 0 Å². The Morgan fingerprint density at radius 1 is 0.885 bits per heavy atom. The third-order valence-corrected chi connectivity index (χ3v) is 5.25. The van der Waals surface area contributed by atoms with Crippen molar-refractivity contribution >= 4 is 10.1 Å². The summed E-state index contributed by atoms with van der Waals surface area (Å²) in [6.45, 7) is 10.5. The number of hydrogen-bond acceptors (Lipinski definition) is 3. The quantitative estimate of drug-likeness (QED) is 0.198. The number of allylic oxidation sites excluding steroid dienone is 5. The molecule has 0 aliphatic heterocycles. The zero-order valence-corrected chi connectivity index (χ0v) is 18.5. The van der Waals surface area contributed by atoms with E-state index in [9.17, 15) is 13.0 Å². The Labute approximate surface area is 162 Å². The van der Waals surface area contributed by atoms with E-state index >= 15 is 0 Å². The molecule has 152 valence electrons. The fourth-order valence-corrected chi connectivity index (χ4v) is 3.21. The second-order valence-corrected chi connectivity index (χ2v) is 9.79. The molecule has 0 rings (SSSR count). The van der Waals surface area contributed by atoms with Gasteiger partial charge < -0.3 is 9.04 Å². The Hall–Kier alpha value is -0.910. The molecule has 0 saturated heterocycles. The van der Waals surface area contributed by atoms with Crippen LogP contribution in [0.3, 0.4) is 0 Å². The van der Waals surface area contributed by atoms with Crippen molar-refractivity contribution in [3.05, 3.63) is 34.9 Å². The summed E-state index contributed by atoms with van der Waals surface area (Å²) >= 11 is 0. The maximum absolute atomic E-state index is 10.6. The molecule has 0 aromatic rings. The molecule has 0 spiro atoms. The summed E-state index contributed by atoms with van der Waals surface area (Å²) in [6.07, 6.45) is 12.6. The predicted molar refractivity (Wildman–Crippen MR) is 111 cm³/mol. The summed E-state index contributed by atoms with van der Waals surface area (Å²) in [6, 6.07) is 0. The fraction of sp³-hybridized carbons (Fsp3) is 0.714. The van der Waals surface area contributed by atoms with Gasteiger partial charge in [0.25, 0.3) is 0 Å². The van der Waals surface area contributed by atoms with Crippen molar-refractivity contribution in [2.45, 2.75) is 66.2 Å². The van der Waals surface area contributed by atoms with Gasteiger partial charge in [0.05, 0.1) is 37.3 Å². The summed E-state index contributed by atoms with van der Waals surface area (Å²) in [5.74, 6) is -0.249. The second kappa shape index (κ2) is 12.5. The maximum Gasteiger partial charge on any atom is 0.0972 e. The van der Waals surface area contributed by atoms with Gasteiger partial charge in [-0.2, -0.15) is 0 Å². The maximum atomic E-state index is 10.6. The lowest BCUT2D eigenvalue weighted by Crippen LogP contribution is -2.40. The van der Waals surface area contributed by atoms with E-state index in [0.29, 0.717) is 6.42 Å². The standard InChI is InChI=1S/C21H39NO3S/c1-19(2)11-9-12-20(3)13-10-14-21(4)15-17-22(5,6)16-7-8-18-26(23,24)25/h11,13,15H,7-10,12,14,16-18H2,1-6H3/b20-13+,21-15+. The molecule has 5 heteroatoms. The predicted octanol–water partition coefficient (Wildman–Crippen LogP) is 4.81. The van der Waals surface area contributed by atoms with Gasteiger partial charge in [0.15, 0.2) is 0 Å². The Bertz CT molecular complexity index is 595. The number of rotatable bonds is 13. The summed E-state index contributed by atoms with van der Waals surface area (Å²) < 4.78 is 32.7. The van der Waals surface area contributed by atoms with Crippen LogP contribution >= 0.6 is 0 Å². The van der Waals surface area contributed by atoms with Gasteiger partial charge >= 0.3 is 0 Å². The van der Waals surface area contributed by atoms with E-state index in [2.05, 4.69) is 60.0 Å². The minimum absolute atomic E-state index is 0.249. The average molecular weight is 386 g/mol. The first kappa shape index (κ1) is 25.1. The van der Waals surface area contributed by atoms with Crippen LogP contribution in [0.2, 0.25) is 0 Å². The number of quaternary nitrogens is 1. The van der Waals surface area contributed by atoms with Crippen LogP contribution in [0.1, 0.15) is 66.2 Å². The Kier molecular flexibility index (Phi) is 12.0. The molecule has 4 nitrogen and oxygen atoms in total. The summed E-state index contributed by atoms with van der Waals surface area (Å²) in [7, 11) is 0.210. The van der Waals surface area contributed by atoms with E-state index in [1.165, 1.54) is 16.7 Å². The Morgan fingerprint density at radius 3 is 1.96 bits per heavy atom. The SMILES string of the molecule is CC(C)=CCC/C(C)=C/CC/C(C)=C/C[N+](C)(C)CCCCS(=O)(=O)[O-]. The first-order valence-corrected chi connectivity index (χ1v) is 11.2. The van der Waals surface area contributed by atoms with Gasteiger partial charge in [0, 0.05) is 5.75 Å². The van der Waals surface area contributed by atoms with Crippen molar-refractivity contribution in [3.63, 3.8) is 0 Å². The lowest BCUT2D eigenvalue weighted by molar-refractivity contribution is -0.884. The summed E-state index contributed by atoms with van der Waals surface area (Å²) in [5, 5.41) is 0. The van der Waals surface area contributed by atoms with Crippen molar-refractivity contribution in [2.24, 2.45) is 0 Å². The zero-order chi connectivity index (χ0) is 20.2. The van der Waals surface area contributed by atoms with Crippen LogP contribution in [0.25, 0.3) is 0 Å². The van der Waals surface area contributed by atoms with Crippen LogP contribution in [-0.4, -0.2) is 50.4 Å². The highest BCUT2D eigenvalue weighted by molar-refractivity contribution is 7.85. The van der Waals surface area contributed by atoms with E-state index in [0.717, 1.165) is 49.7 Å². The molecular formula is C21H39NO3S. The normalized spacial score (nSPS) is 13.8. The molecule has 0 radical (unpaired) electrons. The van der Waals surface area contributed by atoms with E-state index < -0.39 is 10.1 Å². The number of nitrogens with zero attached hydrogens (tertiary/aromatic N) is 1. The molecule has 0 heterocycles. The van der Waals surface area contributed by atoms with Gasteiger partial charge in [-0.25, -0.2) is 8.42 Å². The molecule has 0 amide bonds. The van der Waals surface area contributed by atoms with Crippen LogP contribution < -0.4 is 0 Å². The molecule has 0 aliphatic carbocycles. The van der Waals surface area contributed by atoms with Gasteiger partial charge in [-0.05, 0) is 72.3 Å². The molecule has 0 aliphatic rings. The molecule has 0 N–H and O–H groups in total. The van der Waals surface area contributed by atoms with E-state index in [1.54, 1.807) is 0 Å². The third kappa shape index (κ3) is 16.6. The van der Waals surface area contributed by atoms with E-state index in [1.807, 2.05) is 0 Å². The van der Waals surface area contributed by atoms with Crippen molar-refractivity contribution in [1.82, 2.24) is 0 Å². The number of likely N-dealkylation sites (N-methyl/N-ethyl adjacent to an activating group) is 1. The molecular weight excluding hydrogens is 346 g/mol. The van der Waals surface area contributed by atoms with Gasteiger partial charge in [-0.15, -0.1) is 0 Å². The molecule has 0 fully saturated rings. The first-order chi connectivity index (χ1) is 11.9. The zero-order valence-electron chi connectivity index (χ0n) is 17.7. The highest BCUT2D eigenvalue weighted by atomic mass is 32.2. The molecule has 26 heavy (non-hydrogen) atoms. The number of unbranched alkanes of at least 4 members (excludes halogenated alkanes) is 1. The van der Waals surface area contributed by atoms with Crippen LogP contribution in [-0.2, 0) is 10.1 Å². The van der Waals surface area contributed by atoms with Gasteiger partial charge in [0.1, 0.15) is 0 Å². The second-order valence-electron chi connectivity index (χ2n) is 8.27. The van der Waals surface area contributed by atoms with Crippen LogP contribution in [0.15, 0.2) is 34.9 Å². The van der Waals surface area contributed by atoms with Crippen LogP contribution in [0.4, 0.5) is 0 Å². The Morgan fingerprint density at radius 2 is 1.42 bits per heavy atom. The highest BCUT2D eigenvalue weighted by Gasteiger charge is 2.12. The van der Waals surface area contributed by atoms with E-state index in [4.69, 9.17) is 0 Å². The lowest BCUT2D eigenvalue weighted by Gasteiger charge is -2.29. The first-order valence-electron chi connectivity index (χ1n) is 9.61. The minimum atomic E-state index is -4.07. The van der Waals surface area contributed by atoms with Gasteiger partial charge in [-0.3, -0.25) is 0 Å². The Balaban J connectivity index is 4.15. The molecule has 0 bridgehead atoms. The fourth-order valence-electron chi connectivity index (χ4n) is 2.65. The molecule has 0 atom stereocenters. The topological polar surface area (TPSA) is 57.2 Å². The van der Waals surface area contributed by atoms with E-state index in [-0.39, 0.29) is 5.75 Å². The highest BCUT2D eigenvalue weighted by Crippen LogP contribution is 2.12. The lowest BCUT2D eigenvalue weighted by atomic mass is 10.1. The average Bonchev–Trinajstić information content (AvgIpc) is 2.48. The van der Waals surface area contributed by atoms with Crippen molar-refractivity contribution in [2.75, 3.05) is 32.9 Å². The number of hydrogen-bond donors (Lipinski definition) is 0. The van der Waals surface area contributed by atoms with Crippen molar-refractivity contribution < 1.29 is 17.5 Å². The molecule has 0 unspecified atom stereocenters. The van der Waals surface area contributed by atoms with Crippen LogP contribution in [0.5, 0.6) is 0 Å². The van der Waals surface area contributed by atoms with Crippen LogP contribution in [0, 0.1) is 0 Å².